The van der Waals surface area contributed by atoms with Gasteiger partial charge in [-0.3, -0.25) is 4.79 Å². The summed E-state index contributed by atoms with van der Waals surface area (Å²) in [6.07, 6.45) is 5.04. The van der Waals surface area contributed by atoms with Crippen molar-refractivity contribution in [1.82, 2.24) is 5.32 Å². The van der Waals surface area contributed by atoms with E-state index in [2.05, 4.69) is 17.4 Å². The molecule has 2 unspecified atom stereocenters. The molecule has 1 aliphatic rings. The van der Waals surface area contributed by atoms with Gasteiger partial charge in [0, 0.05) is 0 Å². The van der Waals surface area contributed by atoms with Gasteiger partial charge < -0.3 is 15.2 Å². The molecule has 0 spiro atoms. The van der Waals surface area contributed by atoms with Gasteiger partial charge in [-0.1, -0.05) is 25.0 Å². The van der Waals surface area contributed by atoms with Gasteiger partial charge in [0.2, 0.25) is 0 Å². The first-order chi connectivity index (χ1) is 10.2. The molecule has 2 N–H and O–H groups in total. The zero-order valence-electron chi connectivity index (χ0n) is 12.7. The van der Waals surface area contributed by atoms with Gasteiger partial charge in [-0.2, -0.15) is 0 Å². The second-order valence-electron chi connectivity index (χ2n) is 5.79. The first-order valence-electron chi connectivity index (χ1n) is 7.77. The molecule has 0 heterocycles. The Balaban J connectivity index is 1.71. The standard InChI is InChI=1S/C17H25NO3/c1-21-15-8-6-13(7-9-15)10-11-18-12-14-4-2-3-5-16(14)17(19)20/h6-9,14,16,18H,2-5,10-12H2,1H3,(H,19,20). The molecule has 1 aromatic carbocycles. The highest BCUT2D eigenvalue weighted by Gasteiger charge is 2.30. The van der Waals surface area contributed by atoms with Crippen LogP contribution in [0.1, 0.15) is 31.2 Å². The topological polar surface area (TPSA) is 58.6 Å². The summed E-state index contributed by atoms with van der Waals surface area (Å²) in [5.41, 5.74) is 1.27. The third-order valence-corrected chi connectivity index (χ3v) is 4.38. The lowest BCUT2D eigenvalue weighted by Gasteiger charge is -2.28. The van der Waals surface area contributed by atoms with E-state index in [9.17, 15) is 9.90 Å². The molecule has 2 rings (SSSR count). The Labute approximate surface area is 126 Å². The molecule has 21 heavy (non-hydrogen) atoms. The fraction of sp³-hybridized carbons (Fsp3) is 0.588. The van der Waals surface area contributed by atoms with Gasteiger partial charge in [0.25, 0.3) is 0 Å². The van der Waals surface area contributed by atoms with Crippen molar-refractivity contribution in [3.8, 4) is 5.75 Å². The van der Waals surface area contributed by atoms with Crippen LogP contribution >= 0.6 is 0 Å². The van der Waals surface area contributed by atoms with E-state index < -0.39 is 5.97 Å². The third-order valence-electron chi connectivity index (χ3n) is 4.38. The number of hydrogen-bond donors (Lipinski definition) is 2. The molecular formula is C17H25NO3. The average Bonchev–Trinajstić information content (AvgIpc) is 2.52. The molecule has 0 amide bonds. The van der Waals surface area contributed by atoms with Gasteiger partial charge in [0.15, 0.2) is 0 Å². The SMILES string of the molecule is COc1ccc(CCNCC2CCCCC2C(=O)O)cc1. The molecule has 1 saturated carbocycles. The van der Waals surface area contributed by atoms with Crippen LogP contribution in [0.3, 0.4) is 0 Å². The van der Waals surface area contributed by atoms with Gasteiger partial charge >= 0.3 is 5.97 Å². The van der Waals surface area contributed by atoms with Gasteiger partial charge in [0.05, 0.1) is 13.0 Å². The highest BCUT2D eigenvalue weighted by Crippen LogP contribution is 2.29. The highest BCUT2D eigenvalue weighted by molar-refractivity contribution is 5.70. The Kier molecular flexibility index (Phi) is 6.05. The molecule has 0 radical (unpaired) electrons. The van der Waals surface area contributed by atoms with E-state index in [1.165, 1.54) is 5.56 Å². The number of benzene rings is 1. The fourth-order valence-electron chi connectivity index (χ4n) is 3.09. The van der Waals surface area contributed by atoms with Crippen molar-refractivity contribution >= 4 is 5.97 Å². The fourth-order valence-corrected chi connectivity index (χ4v) is 3.09. The first-order valence-corrected chi connectivity index (χ1v) is 7.77. The Hall–Kier alpha value is -1.55. The van der Waals surface area contributed by atoms with Crippen molar-refractivity contribution in [2.45, 2.75) is 32.1 Å². The predicted octanol–water partition coefficient (Wildman–Crippen LogP) is 2.72. The third kappa shape index (κ3) is 4.74. The molecule has 0 saturated heterocycles. The van der Waals surface area contributed by atoms with Gasteiger partial charge in [-0.05, 0) is 56.0 Å². The molecule has 1 aliphatic carbocycles. The second-order valence-corrected chi connectivity index (χ2v) is 5.79. The number of carboxylic acids is 1. The minimum atomic E-state index is -0.628. The quantitative estimate of drug-likeness (QED) is 0.758. The molecule has 0 aromatic heterocycles. The lowest BCUT2D eigenvalue weighted by atomic mass is 9.79. The molecule has 4 heteroatoms. The van der Waals surface area contributed by atoms with Crippen LogP contribution in [0.25, 0.3) is 0 Å². The maximum Gasteiger partial charge on any atom is 0.306 e. The van der Waals surface area contributed by atoms with Gasteiger partial charge in [0.1, 0.15) is 5.75 Å². The van der Waals surface area contributed by atoms with Crippen molar-refractivity contribution in [2.75, 3.05) is 20.2 Å². The van der Waals surface area contributed by atoms with Crippen LogP contribution in [0.2, 0.25) is 0 Å². The van der Waals surface area contributed by atoms with E-state index in [1.807, 2.05) is 12.1 Å². The first kappa shape index (κ1) is 15.8. The summed E-state index contributed by atoms with van der Waals surface area (Å²) in [7, 11) is 1.67. The number of hydrogen-bond acceptors (Lipinski definition) is 3. The van der Waals surface area contributed by atoms with E-state index >= 15 is 0 Å². The number of aliphatic carboxylic acids is 1. The Bertz CT molecular complexity index is 444. The lowest BCUT2D eigenvalue weighted by molar-refractivity contribution is -0.144. The van der Waals surface area contributed by atoms with Gasteiger partial charge in [-0.25, -0.2) is 0 Å². The number of carbonyl (C=O) groups is 1. The molecule has 4 nitrogen and oxygen atoms in total. The van der Waals surface area contributed by atoms with Crippen molar-refractivity contribution in [3.63, 3.8) is 0 Å². The maximum atomic E-state index is 11.2. The van der Waals surface area contributed by atoms with Crippen LogP contribution in [-0.2, 0) is 11.2 Å². The number of methoxy groups -OCH3 is 1. The van der Waals surface area contributed by atoms with Crippen molar-refractivity contribution in [2.24, 2.45) is 11.8 Å². The van der Waals surface area contributed by atoms with Crippen LogP contribution in [0.5, 0.6) is 5.75 Å². The predicted molar refractivity (Wildman–Crippen MR) is 82.7 cm³/mol. The van der Waals surface area contributed by atoms with E-state index in [4.69, 9.17) is 4.74 Å². The molecular weight excluding hydrogens is 266 g/mol. The van der Waals surface area contributed by atoms with E-state index in [0.29, 0.717) is 0 Å². The summed E-state index contributed by atoms with van der Waals surface area (Å²) >= 11 is 0. The van der Waals surface area contributed by atoms with Crippen LogP contribution in [0.15, 0.2) is 24.3 Å². The largest absolute Gasteiger partial charge is 0.497 e. The minimum absolute atomic E-state index is 0.160. The van der Waals surface area contributed by atoms with Crippen LogP contribution < -0.4 is 10.1 Å². The monoisotopic (exact) mass is 291 g/mol. The Morgan fingerprint density at radius 2 is 2.00 bits per heavy atom. The molecule has 2 atom stereocenters. The van der Waals surface area contributed by atoms with Crippen molar-refractivity contribution in [1.29, 1.82) is 0 Å². The summed E-state index contributed by atoms with van der Waals surface area (Å²) < 4.78 is 5.14. The van der Waals surface area contributed by atoms with E-state index in [0.717, 1.165) is 50.9 Å². The van der Waals surface area contributed by atoms with Crippen LogP contribution in [0.4, 0.5) is 0 Å². The molecule has 1 aromatic rings. The number of nitrogens with one attached hydrogen (secondary N) is 1. The van der Waals surface area contributed by atoms with Crippen LogP contribution in [-0.4, -0.2) is 31.3 Å². The number of rotatable bonds is 7. The maximum absolute atomic E-state index is 11.2. The normalized spacial score (nSPS) is 22.0. The summed E-state index contributed by atoms with van der Waals surface area (Å²) in [4.78, 5) is 11.2. The Morgan fingerprint density at radius 3 is 2.67 bits per heavy atom. The average molecular weight is 291 g/mol. The second kappa shape index (κ2) is 8.03. The Morgan fingerprint density at radius 1 is 1.29 bits per heavy atom. The van der Waals surface area contributed by atoms with E-state index in [-0.39, 0.29) is 11.8 Å². The minimum Gasteiger partial charge on any atom is -0.497 e. The zero-order valence-corrected chi connectivity index (χ0v) is 12.7. The number of carboxylic acid groups (broad SMARTS) is 1. The summed E-state index contributed by atoms with van der Waals surface area (Å²) in [6.45, 7) is 1.70. The van der Waals surface area contributed by atoms with E-state index in [1.54, 1.807) is 7.11 Å². The van der Waals surface area contributed by atoms with Crippen molar-refractivity contribution in [3.05, 3.63) is 29.8 Å². The molecule has 116 valence electrons. The van der Waals surface area contributed by atoms with Crippen LogP contribution in [0, 0.1) is 11.8 Å². The summed E-state index contributed by atoms with van der Waals surface area (Å²) in [5.74, 6) is 0.370. The van der Waals surface area contributed by atoms with Crippen molar-refractivity contribution < 1.29 is 14.6 Å². The molecule has 1 fully saturated rings. The molecule has 0 aliphatic heterocycles. The smallest absolute Gasteiger partial charge is 0.306 e. The molecule has 0 bridgehead atoms. The zero-order chi connectivity index (χ0) is 15.1. The highest BCUT2D eigenvalue weighted by atomic mass is 16.5. The summed E-state index contributed by atoms with van der Waals surface area (Å²) in [5, 5.41) is 12.7. The summed E-state index contributed by atoms with van der Waals surface area (Å²) in [6, 6.07) is 8.08. The number of ether oxygens (including phenoxy) is 1. The lowest BCUT2D eigenvalue weighted by Crippen LogP contribution is -2.35. The van der Waals surface area contributed by atoms with Gasteiger partial charge in [-0.15, -0.1) is 0 Å².